The molecule has 3 rings (SSSR count). The zero-order chi connectivity index (χ0) is 13.4. The summed E-state index contributed by atoms with van der Waals surface area (Å²) in [5.74, 6) is 0. The Morgan fingerprint density at radius 2 is 1.95 bits per heavy atom. The van der Waals surface area contributed by atoms with E-state index in [-0.39, 0.29) is 5.69 Å². The van der Waals surface area contributed by atoms with Crippen LogP contribution in [0.3, 0.4) is 0 Å². The van der Waals surface area contributed by atoms with Crippen molar-refractivity contribution in [3.05, 3.63) is 61.3 Å². The molecule has 19 heavy (non-hydrogen) atoms. The molecule has 0 atom stereocenters. The van der Waals surface area contributed by atoms with Crippen LogP contribution in [0.15, 0.2) is 44.3 Å². The van der Waals surface area contributed by atoms with Crippen LogP contribution in [0.5, 0.6) is 0 Å². The molecule has 3 aromatic rings. The third kappa shape index (κ3) is 2.23. The van der Waals surface area contributed by atoms with E-state index in [1.54, 1.807) is 0 Å². The first-order valence-electron chi connectivity index (χ1n) is 5.52. The van der Waals surface area contributed by atoms with Gasteiger partial charge in [-0.1, -0.05) is 30.3 Å². The second-order valence-corrected chi connectivity index (χ2v) is 5.49. The molecule has 5 nitrogen and oxygen atoms in total. The summed E-state index contributed by atoms with van der Waals surface area (Å²) in [7, 11) is 0. The summed E-state index contributed by atoms with van der Waals surface area (Å²) in [5.41, 5.74) is 2.06. The van der Waals surface area contributed by atoms with Crippen molar-refractivity contribution in [3.8, 4) is 0 Å². The molecule has 0 aliphatic heterocycles. The summed E-state index contributed by atoms with van der Waals surface area (Å²) in [5, 5.41) is 6.58. The van der Waals surface area contributed by atoms with E-state index in [2.05, 4.69) is 47.0 Å². The Morgan fingerprint density at radius 3 is 2.68 bits per heavy atom. The predicted octanol–water partition coefficient (Wildman–Crippen LogP) is 2.53. The molecule has 0 amide bonds. The van der Waals surface area contributed by atoms with Crippen molar-refractivity contribution in [2.75, 3.05) is 0 Å². The number of imidazole rings is 1. The molecule has 0 radical (unpaired) electrons. The van der Waals surface area contributed by atoms with Gasteiger partial charge in [0.2, 0.25) is 0 Å². The maximum atomic E-state index is 11.8. The van der Waals surface area contributed by atoms with Crippen LogP contribution >= 0.6 is 31.9 Å². The van der Waals surface area contributed by atoms with Crippen LogP contribution in [-0.4, -0.2) is 19.6 Å². The molecule has 0 fully saturated rings. The number of H-pyrrole nitrogens is 1. The van der Waals surface area contributed by atoms with E-state index in [0.29, 0.717) is 21.3 Å². The smallest absolute Gasteiger partial charge is 0.246 e. The van der Waals surface area contributed by atoms with Crippen molar-refractivity contribution in [3.63, 3.8) is 0 Å². The van der Waals surface area contributed by atoms with Gasteiger partial charge in [0, 0.05) is 6.42 Å². The van der Waals surface area contributed by atoms with Gasteiger partial charge < -0.3 is 0 Å². The number of rotatable bonds is 2. The van der Waals surface area contributed by atoms with Crippen LogP contribution in [-0.2, 0) is 6.42 Å². The fraction of sp³-hybridized carbons (Fsp3) is 0.0833. The Morgan fingerprint density at radius 1 is 1.21 bits per heavy atom. The normalized spacial score (nSPS) is 11.1. The fourth-order valence-corrected chi connectivity index (χ4v) is 2.64. The molecule has 0 unspecified atom stereocenters. The number of nitrogens with zero attached hydrogens (tertiary/aromatic N) is 3. The van der Waals surface area contributed by atoms with E-state index in [9.17, 15) is 4.79 Å². The van der Waals surface area contributed by atoms with Crippen LogP contribution in [0, 0.1) is 0 Å². The molecule has 0 saturated carbocycles. The van der Waals surface area contributed by atoms with E-state index in [4.69, 9.17) is 0 Å². The van der Waals surface area contributed by atoms with E-state index in [0.717, 1.165) is 11.3 Å². The Kier molecular flexibility index (Phi) is 3.24. The lowest BCUT2D eigenvalue weighted by Crippen LogP contribution is -2.20. The molecule has 7 heteroatoms. The van der Waals surface area contributed by atoms with Crippen molar-refractivity contribution >= 4 is 37.5 Å². The number of halogens is 2. The maximum absolute atomic E-state index is 11.8. The van der Waals surface area contributed by atoms with Crippen LogP contribution < -0.4 is 5.69 Å². The van der Waals surface area contributed by atoms with Crippen molar-refractivity contribution in [1.82, 2.24) is 19.6 Å². The highest BCUT2D eigenvalue weighted by Crippen LogP contribution is 2.23. The lowest BCUT2D eigenvalue weighted by molar-refractivity contribution is 0.832. The Bertz CT molecular complexity index is 795. The minimum atomic E-state index is -0.322. The Labute approximate surface area is 124 Å². The van der Waals surface area contributed by atoms with Gasteiger partial charge >= 0.3 is 5.69 Å². The van der Waals surface area contributed by atoms with E-state index in [1.165, 1.54) is 4.40 Å². The molecule has 1 N–H and O–H groups in total. The van der Waals surface area contributed by atoms with Gasteiger partial charge in [0.25, 0.3) is 0 Å². The molecule has 0 bridgehead atoms. The third-order valence-electron chi connectivity index (χ3n) is 2.74. The summed E-state index contributed by atoms with van der Waals surface area (Å²) in [4.78, 5) is 16.1. The van der Waals surface area contributed by atoms with Crippen molar-refractivity contribution in [2.24, 2.45) is 0 Å². The van der Waals surface area contributed by atoms with Crippen LogP contribution in [0.4, 0.5) is 0 Å². The van der Waals surface area contributed by atoms with E-state index >= 15 is 0 Å². The first kappa shape index (κ1) is 12.6. The van der Waals surface area contributed by atoms with Gasteiger partial charge in [0.15, 0.2) is 5.65 Å². The van der Waals surface area contributed by atoms with Gasteiger partial charge in [-0.05, 0) is 37.4 Å². The quantitative estimate of drug-likeness (QED) is 0.739. The SMILES string of the molecule is O=c1[nH]nc(Cc2ccccc2)c2nc(Br)c(Br)n12. The average Bonchev–Trinajstić information content (AvgIpc) is 2.72. The molecular weight excluding hydrogens is 376 g/mol. The number of aromatic amines is 1. The molecule has 1 aromatic carbocycles. The van der Waals surface area contributed by atoms with Crippen molar-refractivity contribution in [2.45, 2.75) is 6.42 Å². The lowest BCUT2D eigenvalue weighted by Gasteiger charge is -2.02. The molecule has 0 saturated heterocycles. The fourth-order valence-electron chi connectivity index (χ4n) is 1.88. The highest BCUT2D eigenvalue weighted by molar-refractivity contribution is 9.13. The largest absolute Gasteiger partial charge is 0.348 e. The molecular formula is C12H8Br2N4O. The minimum absolute atomic E-state index is 0.322. The highest BCUT2D eigenvalue weighted by atomic mass is 79.9. The molecule has 0 aliphatic rings. The molecule has 2 aromatic heterocycles. The van der Waals surface area contributed by atoms with Crippen LogP contribution in [0.1, 0.15) is 11.3 Å². The number of fused-ring (bicyclic) bond motifs is 1. The molecule has 0 aliphatic carbocycles. The first-order valence-corrected chi connectivity index (χ1v) is 7.10. The maximum Gasteiger partial charge on any atom is 0.348 e. The van der Waals surface area contributed by atoms with Gasteiger partial charge in [0.05, 0.1) is 0 Å². The van der Waals surface area contributed by atoms with Crippen LogP contribution in [0.25, 0.3) is 5.65 Å². The standard InChI is InChI=1S/C12H8Br2N4O/c13-9-10(14)18-11(15-9)8(16-17-12(18)19)6-7-4-2-1-3-5-7/h1-5H,6H2,(H,17,19). The van der Waals surface area contributed by atoms with E-state index in [1.807, 2.05) is 30.3 Å². The summed E-state index contributed by atoms with van der Waals surface area (Å²) in [6.45, 7) is 0. The monoisotopic (exact) mass is 382 g/mol. The van der Waals surface area contributed by atoms with Crippen LogP contribution in [0.2, 0.25) is 0 Å². The number of benzene rings is 1. The first-order chi connectivity index (χ1) is 9.16. The van der Waals surface area contributed by atoms with E-state index < -0.39 is 0 Å². The lowest BCUT2D eigenvalue weighted by atomic mass is 10.1. The van der Waals surface area contributed by atoms with Gasteiger partial charge in [-0.3, -0.25) is 0 Å². The van der Waals surface area contributed by atoms with Gasteiger partial charge in [-0.2, -0.15) is 5.10 Å². The second kappa shape index (κ2) is 4.90. The minimum Gasteiger partial charge on any atom is -0.246 e. The summed E-state index contributed by atoms with van der Waals surface area (Å²) in [6.07, 6.45) is 0.608. The Hall–Kier alpha value is -1.47. The van der Waals surface area contributed by atoms with Gasteiger partial charge in [0.1, 0.15) is 14.9 Å². The topological polar surface area (TPSA) is 63.0 Å². The zero-order valence-corrected chi connectivity index (χ0v) is 12.8. The third-order valence-corrected chi connectivity index (χ3v) is 4.56. The zero-order valence-electron chi connectivity index (χ0n) is 9.60. The molecule has 2 heterocycles. The molecule has 0 spiro atoms. The number of aromatic nitrogens is 4. The summed E-state index contributed by atoms with van der Waals surface area (Å²) >= 11 is 6.63. The highest BCUT2D eigenvalue weighted by Gasteiger charge is 2.14. The van der Waals surface area contributed by atoms with Gasteiger partial charge in [-0.25, -0.2) is 19.3 Å². The second-order valence-electron chi connectivity index (χ2n) is 3.99. The number of hydrogen-bond donors (Lipinski definition) is 1. The Balaban J connectivity index is 2.18. The van der Waals surface area contributed by atoms with Crippen molar-refractivity contribution < 1.29 is 0 Å². The van der Waals surface area contributed by atoms with Crippen molar-refractivity contribution in [1.29, 1.82) is 0 Å². The summed E-state index contributed by atoms with van der Waals surface area (Å²) < 4.78 is 2.62. The number of nitrogens with one attached hydrogen (secondary N) is 1. The average molecular weight is 384 g/mol. The summed E-state index contributed by atoms with van der Waals surface area (Å²) in [6, 6.07) is 9.92. The predicted molar refractivity (Wildman–Crippen MR) is 78.3 cm³/mol. The molecule has 96 valence electrons. The number of hydrogen-bond acceptors (Lipinski definition) is 3. The van der Waals surface area contributed by atoms with Gasteiger partial charge in [-0.15, -0.1) is 0 Å².